The third-order valence-corrected chi connectivity index (χ3v) is 6.44. The molecule has 2 atom stereocenters. The normalized spacial score (nSPS) is 18.0. The second-order valence-corrected chi connectivity index (χ2v) is 8.36. The Morgan fingerprint density at radius 3 is 2.31 bits per heavy atom. The molecule has 1 saturated heterocycles. The Balaban J connectivity index is 1.35. The van der Waals surface area contributed by atoms with E-state index in [1.54, 1.807) is 0 Å². The summed E-state index contributed by atoms with van der Waals surface area (Å²) in [5.74, 6) is -1.26. The first-order valence-electron chi connectivity index (χ1n) is 11.1. The molecule has 2 aromatic rings. The number of likely N-dealkylation sites (tertiary alicyclic amines) is 1. The van der Waals surface area contributed by atoms with Crippen LogP contribution in [0.1, 0.15) is 49.7 Å². The number of amides is 2. The Kier molecular flexibility index (Phi) is 6.44. The Labute approximate surface area is 187 Å². The van der Waals surface area contributed by atoms with Gasteiger partial charge in [0.25, 0.3) is 0 Å². The molecule has 32 heavy (non-hydrogen) atoms. The van der Waals surface area contributed by atoms with Crippen LogP contribution in [0.15, 0.2) is 48.5 Å². The van der Waals surface area contributed by atoms with Crippen LogP contribution in [0.4, 0.5) is 4.79 Å². The fourth-order valence-corrected chi connectivity index (χ4v) is 4.75. The molecule has 2 aliphatic rings. The van der Waals surface area contributed by atoms with Gasteiger partial charge in [-0.05, 0) is 41.5 Å². The number of hydrogen-bond donors (Lipinski definition) is 2. The number of alkyl carbamates (subject to hydrolysis) is 1. The first-order valence-corrected chi connectivity index (χ1v) is 11.1. The van der Waals surface area contributed by atoms with Crippen molar-refractivity contribution in [1.82, 2.24) is 10.2 Å². The average Bonchev–Trinajstić information content (AvgIpc) is 3.41. The molecule has 7 nitrogen and oxygen atoms in total. The lowest BCUT2D eigenvalue weighted by Gasteiger charge is -2.24. The lowest BCUT2D eigenvalue weighted by Crippen LogP contribution is -2.44. The quantitative estimate of drug-likeness (QED) is 0.689. The van der Waals surface area contributed by atoms with Crippen molar-refractivity contribution < 1.29 is 24.2 Å². The van der Waals surface area contributed by atoms with Crippen molar-refractivity contribution >= 4 is 18.0 Å². The number of carbonyl (C=O) groups is 3. The second-order valence-electron chi connectivity index (χ2n) is 8.36. The van der Waals surface area contributed by atoms with E-state index in [1.807, 2.05) is 31.2 Å². The van der Waals surface area contributed by atoms with Crippen molar-refractivity contribution in [3.05, 3.63) is 59.7 Å². The topological polar surface area (TPSA) is 95.9 Å². The molecule has 2 aromatic carbocycles. The van der Waals surface area contributed by atoms with Crippen molar-refractivity contribution in [3.8, 4) is 11.1 Å². The van der Waals surface area contributed by atoms with Gasteiger partial charge < -0.3 is 20.1 Å². The third-order valence-electron chi connectivity index (χ3n) is 6.44. The summed E-state index contributed by atoms with van der Waals surface area (Å²) in [6, 6.07) is 15.1. The molecule has 1 fully saturated rings. The van der Waals surface area contributed by atoms with Crippen LogP contribution in [0, 0.1) is 0 Å². The summed E-state index contributed by atoms with van der Waals surface area (Å²) in [6.07, 6.45) is 1.19. The highest BCUT2D eigenvalue weighted by molar-refractivity contribution is 5.85. The van der Waals surface area contributed by atoms with E-state index >= 15 is 0 Å². The minimum Gasteiger partial charge on any atom is -0.480 e. The van der Waals surface area contributed by atoms with Gasteiger partial charge in [0.2, 0.25) is 5.91 Å². The number of carboxylic acid groups (broad SMARTS) is 1. The van der Waals surface area contributed by atoms with E-state index in [0.29, 0.717) is 25.8 Å². The van der Waals surface area contributed by atoms with E-state index in [-0.39, 0.29) is 24.9 Å². The molecule has 168 valence electrons. The van der Waals surface area contributed by atoms with Crippen LogP contribution in [-0.2, 0) is 14.3 Å². The number of aliphatic carboxylic acids is 1. The first-order chi connectivity index (χ1) is 15.5. The number of carboxylic acids is 1. The van der Waals surface area contributed by atoms with E-state index in [1.165, 1.54) is 4.90 Å². The zero-order valence-electron chi connectivity index (χ0n) is 18.1. The molecule has 0 spiro atoms. The number of nitrogens with zero attached hydrogens (tertiary/aromatic N) is 1. The summed E-state index contributed by atoms with van der Waals surface area (Å²) in [4.78, 5) is 37.9. The van der Waals surface area contributed by atoms with Gasteiger partial charge in [0, 0.05) is 24.9 Å². The van der Waals surface area contributed by atoms with Gasteiger partial charge in [-0.1, -0.05) is 55.5 Å². The summed E-state index contributed by atoms with van der Waals surface area (Å²) >= 11 is 0. The van der Waals surface area contributed by atoms with Crippen LogP contribution < -0.4 is 5.32 Å². The predicted molar refractivity (Wildman–Crippen MR) is 119 cm³/mol. The van der Waals surface area contributed by atoms with Crippen LogP contribution in [0.3, 0.4) is 0 Å². The third kappa shape index (κ3) is 4.33. The van der Waals surface area contributed by atoms with Crippen molar-refractivity contribution in [2.24, 2.45) is 0 Å². The maximum atomic E-state index is 12.6. The SMILES string of the molecule is CC[C@H](CC(=O)N1CCC[C@H]1C(=O)O)NC(=O)OCC1c2ccccc2-c2ccccc21. The monoisotopic (exact) mass is 436 g/mol. The maximum absolute atomic E-state index is 12.6. The summed E-state index contributed by atoms with van der Waals surface area (Å²) in [5.41, 5.74) is 4.59. The van der Waals surface area contributed by atoms with E-state index in [2.05, 4.69) is 29.6 Å². The van der Waals surface area contributed by atoms with E-state index in [0.717, 1.165) is 22.3 Å². The molecule has 1 aliphatic carbocycles. The number of benzene rings is 2. The lowest BCUT2D eigenvalue weighted by atomic mass is 9.98. The summed E-state index contributed by atoms with van der Waals surface area (Å²) in [7, 11) is 0. The van der Waals surface area contributed by atoms with Gasteiger partial charge >= 0.3 is 12.1 Å². The number of fused-ring (bicyclic) bond motifs is 3. The number of carbonyl (C=O) groups excluding carboxylic acids is 2. The number of rotatable bonds is 7. The van der Waals surface area contributed by atoms with Crippen LogP contribution in [0.5, 0.6) is 0 Å². The van der Waals surface area contributed by atoms with Gasteiger partial charge in [0.15, 0.2) is 0 Å². The molecule has 2 N–H and O–H groups in total. The molecule has 2 amide bonds. The lowest BCUT2D eigenvalue weighted by molar-refractivity contribution is -0.148. The minimum atomic E-state index is -0.978. The van der Waals surface area contributed by atoms with E-state index in [4.69, 9.17) is 4.74 Å². The number of nitrogens with one attached hydrogen (secondary N) is 1. The first kappa shape index (κ1) is 21.9. The minimum absolute atomic E-state index is 0.0317. The highest BCUT2D eigenvalue weighted by atomic mass is 16.5. The largest absolute Gasteiger partial charge is 0.480 e. The molecular weight excluding hydrogens is 408 g/mol. The van der Waals surface area contributed by atoms with Gasteiger partial charge in [-0.25, -0.2) is 9.59 Å². The smallest absolute Gasteiger partial charge is 0.407 e. The second kappa shape index (κ2) is 9.42. The Hall–Kier alpha value is -3.35. The number of hydrogen-bond acceptors (Lipinski definition) is 4. The molecular formula is C25H28N2O5. The van der Waals surface area contributed by atoms with Gasteiger partial charge in [-0.2, -0.15) is 0 Å². The highest BCUT2D eigenvalue weighted by Crippen LogP contribution is 2.44. The molecule has 0 aromatic heterocycles. The standard InChI is InChI=1S/C25H28N2O5/c1-2-16(14-23(28)27-13-7-12-22(27)24(29)30)26-25(31)32-15-21-19-10-5-3-8-17(19)18-9-4-6-11-20(18)21/h3-6,8-11,16,21-22H,2,7,12-15H2,1H3,(H,26,31)(H,29,30)/t16-,22+/m1/s1. The molecule has 0 unspecified atom stereocenters. The Bertz CT molecular complexity index is 975. The van der Waals surface area contributed by atoms with Crippen LogP contribution in [0.2, 0.25) is 0 Å². The zero-order valence-corrected chi connectivity index (χ0v) is 18.1. The van der Waals surface area contributed by atoms with Crippen molar-refractivity contribution in [2.75, 3.05) is 13.2 Å². The van der Waals surface area contributed by atoms with E-state index in [9.17, 15) is 19.5 Å². The summed E-state index contributed by atoms with van der Waals surface area (Å²) in [5, 5.41) is 12.1. The number of ether oxygens (including phenoxy) is 1. The summed E-state index contributed by atoms with van der Waals surface area (Å²) < 4.78 is 5.57. The van der Waals surface area contributed by atoms with Crippen LogP contribution in [-0.4, -0.2) is 53.2 Å². The Morgan fingerprint density at radius 2 is 1.72 bits per heavy atom. The predicted octanol–water partition coefficient (Wildman–Crippen LogP) is 3.77. The van der Waals surface area contributed by atoms with Crippen molar-refractivity contribution in [2.45, 2.75) is 50.6 Å². The molecule has 0 saturated carbocycles. The maximum Gasteiger partial charge on any atom is 0.407 e. The summed E-state index contributed by atoms with van der Waals surface area (Å²) in [6.45, 7) is 2.52. The highest BCUT2D eigenvalue weighted by Gasteiger charge is 2.35. The van der Waals surface area contributed by atoms with Crippen LogP contribution in [0.25, 0.3) is 11.1 Å². The molecule has 0 bridgehead atoms. The Morgan fingerprint density at radius 1 is 1.09 bits per heavy atom. The van der Waals surface area contributed by atoms with Gasteiger partial charge in [0.05, 0.1) is 0 Å². The molecule has 7 heteroatoms. The van der Waals surface area contributed by atoms with Crippen molar-refractivity contribution in [3.63, 3.8) is 0 Å². The molecule has 4 rings (SSSR count). The van der Waals surface area contributed by atoms with Gasteiger partial charge in [0.1, 0.15) is 12.6 Å². The average molecular weight is 437 g/mol. The van der Waals surface area contributed by atoms with E-state index < -0.39 is 24.1 Å². The molecule has 1 heterocycles. The van der Waals surface area contributed by atoms with Gasteiger partial charge in [-0.15, -0.1) is 0 Å². The fourth-order valence-electron chi connectivity index (χ4n) is 4.75. The fraction of sp³-hybridized carbons (Fsp3) is 0.400. The van der Waals surface area contributed by atoms with Gasteiger partial charge in [-0.3, -0.25) is 4.79 Å². The van der Waals surface area contributed by atoms with Crippen LogP contribution >= 0.6 is 0 Å². The van der Waals surface area contributed by atoms with Crippen molar-refractivity contribution in [1.29, 1.82) is 0 Å². The zero-order chi connectivity index (χ0) is 22.7. The molecule has 1 aliphatic heterocycles. The molecule has 0 radical (unpaired) electrons.